The minimum atomic E-state index is -0.706. The van der Waals surface area contributed by atoms with E-state index >= 15 is 0 Å². The highest BCUT2D eigenvalue weighted by molar-refractivity contribution is 6.18. The van der Waals surface area contributed by atoms with E-state index in [0.29, 0.717) is 0 Å². The van der Waals surface area contributed by atoms with E-state index in [-0.39, 0.29) is 18.1 Å². The third kappa shape index (κ3) is 2.82. The van der Waals surface area contributed by atoms with E-state index in [9.17, 15) is 9.90 Å². The van der Waals surface area contributed by atoms with E-state index in [1.165, 1.54) is 10.8 Å². The van der Waals surface area contributed by atoms with Crippen molar-refractivity contribution in [3.05, 3.63) is 28.4 Å². The van der Waals surface area contributed by atoms with Crippen molar-refractivity contribution in [2.24, 2.45) is 0 Å². The van der Waals surface area contributed by atoms with Crippen LogP contribution in [0.4, 0.5) is 0 Å². The summed E-state index contributed by atoms with van der Waals surface area (Å²) in [7, 11) is 0. The fourth-order valence-corrected chi connectivity index (χ4v) is 1.07. The molecule has 0 aliphatic carbocycles. The molecule has 0 saturated carbocycles. The third-order valence-corrected chi connectivity index (χ3v) is 1.93. The standard InChI is InChI=1S/C8H11ClN2O2/c1-6-3-10-8(13)11(4-6)5-7(12)2-9/h3-4,7,12H,2,5H2,1H3. The summed E-state index contributed by atoms with van der Waals surface area (Å²) in [5.74, 6) is 0.111. The Balaban J connectivity index is 2.87. The third-order valence-electron chi connectivity index (χ3n) is 1.57. The van der Waals surface area contributed by atoms with Crippen LogP contribution in [-0.4, -0.2) is 26.6 Å². The fourth-order valence-electron chi connectivity index (χ4n) is 0.972. The molecule has 4 nitrogen and oxygen atoms in total. The van der Waals surface area contributed by atoms with E-state index in [4.69, 9.17) is 11.6 Å². The average molecular weight is 203 g/mol. The molecule has 5 heteroatoms. The highest BCUT2D eigenvalue weighted by atomic mass is 35.5. The van der Waals surface area contributed by atoms with E-state index in [1.807, 2.05) is 6.92 Å². The van der Waals surface area contributed by atoms with Gasteiger partial charge in [-0.15, -0.1) is 11.6 Å². The van der Waals surface area contributed by atoms with Gasteiger partial charge in [-0.25, -0.2) is 9.78 Å². The van der Waals surface area contributed by atoms with Gasteiger partial charge in [-0.1, -0.05) is 0 Å². The van der Waals surface area contributed by atoms with Crippen LogP contribution in [0.5, 0.6) is 0 Å². The molecular weight excluding hydrogens is 192 g/mol. The first kappa shape index (κ1) is 10.2. The number of nitrogens with zero attached hydrogens (tertiary/aromatic N) is 2. The van der Waals surface area contributed by atoms with Crippen LogP contribution in [0.2, 0.25) is 0 Å². The number of rotatable bonds is 3. The fraction of sp³-hybridized carbons (Fsp3) is 0.500. The maximum Gasteiger partial charge on any atom is 0.347 e. The molecule has 1 aromatic rings. The summed E-state index contributed by atoms with van der Waals surface area (Å²) in [6.45, 7) is 2.02. The Hall–Kier alpha value is -0.870. The lowest BCUT2D eigenvalue weighted by atomic mass is 10.3. The van der Waals surface area contributed by atoms with Gasteiger partial charge >= 0.3 is 5.69 Å². The van der Waals surface area contributed by atoms with Crippen molar-refractivity contribution < 1.29 is 5.11 Å². The van der Waals surface area contributed by atoms with Crippen LogP contribution in [0.25, 0.3) is 0 Å². The molecule has 13 heavy (non-hydrogen) atoms. The second-order valence-corrected chi connectivity index (χ2v) is 3.18. The summed E-state index contributed by atoms with van der Waals surface area (Å²) < 4.78 is 1.35. The summed E-state index contributed by atoms with van der Waals surface area (Å²) in [5, 5.41) is 9.21. The van der Waals surface area contributed by atoms with Crippen LogP contribution in [0, 0.1) is 6.92 Å². The van der Waals surface area contributed by atoms with E-state index in [0.717, 1.165) is 5.56 Å². The lowest BCUT2D eigenvalue weighted by Crippen LogP contribution is -2.28. The van der Waals surface area contributed by atoms with Crippen molar-refractivity contribution in [1.82, 2.24) is 9.55 Å². The summed E-state index contributed by atoms with van der Waals surface area (Å²) in [6.07, 6.45) is 2.43. The van der Waals surface area contributed by atoms with Gasteiger partial charge in [-0.05, 0) is 12.5 Å². The second kappa shape index (κ2) is 4.39. The van der Waals surface area contributed by atoms with Gasteiger partial charge in [0.25, 0.3) is 0 Å². The molecule has 0 bridgehead atoms. The minimum absolute atomic E-state index is 0.111. The van der Waals surface area contributed by atoms with Crippen LogP contribution in [-0.2, 0) is 6.54 Å². The van der Waals surface area contributed by atoms with E-state index in [1.54, 1.807) is 6.20 Å². The molecule has 0 saturated heterocycles. The number of hydrogen-bond donors (Lipinski definition) is 1. The molecule has 0 radical (unpaired) electrons. The molecule has 1 aromatic heterocycles. The predicted octanol–water partition coefficient (Wildman–Crippen LogP) is 0.151. The molecule has 1 heterocycles. The number of halogens is 1. The van der Waals surface area contributed by atoms with Gasteiger partial charge in [0.1, 0.15) is 0 Å². The molecule has 0 fully saturated rings. The van der Waals surface area contributed by atoms with Crippen LogP contribution >= 0.6 is 11.6 Å². The Bertz CT molecular complexity index is 337. The molecule has 1 unspecified atom stereocenters. The van der Waals surface area contributed by atoms with Crippen LogP contribution in [0.15, 0.2) is 17.2 Å². The van der Waals surface area contributed by atoms with E-state index < -0.39 is 6.10 Å². The smallest absolute Gasteiger partial charge is 0.347 e. The lowest BCUT2D eigenvalue weighted by Gasteiger charge is -2.08. The normalized spacial score (nSPS) is 12.8. The highest BCUT2D eigenvalue weighted by Crippen LogP contribution is 1.94. The maximum absolute atomic E-state index is 11.1. The zero-order valence-electron chi connectivity index (χ0n) is 7.27. The van der Waals surface area contributed by atoms with Crippen LogP contribution in [0.3, 0.4) is 0 Å². The SMILES string of the molecule is Cc1cnc(=O)n(CC(O)CCl)c1. The van der Waals surface area contributed by atoms with Crippen molar-refractivity contribution in [3.63, 3.8) is 0 Å². The van der Waals surface area contributed by atoms with Gasteiger partial charge in [-0.3, -0.25) is 4.57 Å². The van der Waals surface area contributed by atoms with Gasteiger partial charge in [0.15, 0.2) is 0 Å². The monoisotopic (exact) mass is 202 g/mol. The number of hydrogen-bond acceptors (Lipinski definition) is 3. The molecule has 1 N–H and O–H groups in total. The Kier molecular flexibility index (Phi) is 3.45. The van der Waals surface area contributed by atoms with Gasteiger partial charge < -0.3 is 5.11 Å². The minimum Gasteiger partial charge on any atom is -0.390 e. The van der Waals surface area contributed by atoms with Crippen molar-refractivity contribution in [3.8, 4) is 0 Å². The van der Waals surface area contributed by atoms with Crippen molar-refractivity contribution >= 4 is 11.6 Å². The topological polar surface area (TPSA) is 55.1 Å². The van der Waals surface area contributed by atoms with Crippen molar-refractivity contribution in [1.29, 1.82) is 0 Å². The Morgan fingerprint density at radius 3 is 3.08 bits per heavy atom. The van der Waals surface area contributed by atoms with Crippen molar-refractivity contribution in [2.45, 2.75) is 19.6 Å². The molecule has 1 atom stereocenters. The Morgan fingerprint density at radius 1 is 1.77 bits per heavy atom. The predicted molar refractivity (Wildman–Crippen MR) is 50.0 cm³/mol. The van der Waals surface area contributed by atoms with Gasteiger partial charge in [0, 0.05) is 12.4 Å². The number of aromatic nitrogens is 2. The van der Waals surface area contributed by atoms with E-state index in [2.05, 4.69) is 4.98 Å². The average Bonchev–Trinajstić information content (AvgIpc) is 2.11. The lowest BCUT2D eigenvalue weighted by molar-refractivity contribution is 0.174. The molecule has 72 valence electrons. The molecule has 0 aliphatic heterocycles. The van der Waals surface area contributed by atoms with Gasteiger partial charge in [0.05, 0.1) is 18.5 Å². The summed E-state index contributed by atoms with van der Waals surface area (Å²) in [6, 6.07) is 0. The summed E-state index contributed by atoms with van der Waals surface area (Å²) in [4.78, 5) is 14.7. The first-order valence-electron chi connectivity index (χ1n) is 3.90. The van der Waals surface area contributed by atoms with Crippen LogP contribution < -0.4 is 5.69 Å². The number of alkyl halides is 1. The quantitative estimate of drug-likeness (QED) is 0.710. The van der Waals surface area contributed by atoms with Crippen LogP contribution in [0.1, 0.15) is 5.56 Å². The summed E-state index contributed by atoms with van der Waals surface area (Å²) in [5.41, 5.74) is 0.510. The van der Waals surface area contributed by atoms with Crippen molar-refractivity contribution in [2.75, 3.05) is 5.88 Å². The first-order chi connectivity index (χ1) is 6.13. The molecule has 0 aromatic carbocycles. The first-order valence-corrected chi connectivity index (χ1v) is 4.44. The maximum atomic E-state index is 11.1. The molecule has 1 rings (SSSR count). The Labute approximate surface area is 80.8 Å². The molecule has 0 aliphatic rings. The van der Waals surface area contributed by atoms with Gasteiger partial charge in [-0.2, -0.15) is 0 Å². The Morgan fingerprint density at radius 2 is 2.46 bits per heavy atom. The molecular formula is C8H11ClN2O2. The number of aryl methyl sites for hydroxylation is 1. The molecule has 0 amide bonds. The molecule has 0 spiro atoms. The number of aliphatic hydroxyl groups excluding tert-OH is 1. The largest absolute Gasteiger partial charge is 0.390 e. The zero-order chi connectivity index (χ0) is 9.84. The highest BCUT2D eigenvalue weighted by Gasteiger charge is 2.04. The second-order valence-electron chi connectivity index (χ2n) is 2.87. The summed E-state index contributed by atoms with van der Waals surface area (Å²) >= 11 is 5.41. The zero-order valence-corrected chi connectivity index (χ0v) is 8.03. The number of aliphatic hydroxyl groups is 1. The van der Waals surface area contributed by atoms with Gasteiger partial charge in [0.2, 0.25) is 0 Å².